The zero-order chi connectivity index (χ0) is 13.7. The van der Waals surface area contributed by atoms with E-state index in [4.69, 9.17) is 5.11 Å². The van der Waals surface area contributed by atoms with Crippen LogP contribution in [0.3, 0.4) is 0 Å². The lowest BCUT2D eigenvalue weighted by Crippen LogP contribution is -2.49. The van der Waals surface area contributed by atoms with Gasteiger partial charge in [-0.15, -0.1) is 0 Å². The van der Waals surface area contributed by atoms with E-state index in [-0.39, 0.29) is 12.4 Å². The highest BCUT2D eigenvalue weighted by Gasteiger charge is 2.25. The molecule has 106 valence electrons. The second kappa shape index (κ2) is 6.87. The lowest BCUT2D eigenvalue weighted by molar-refractivity contribution is 0.276. The molecule has 1 aliphatic rings. The van der Waals surface area contributed by atoms with Gasteiger partial charge in [0.2, 0.25) is 0 Å². The molecule has 2 N–H and O–H groups in total. The number of para-hydroxylation sites is 1. The summed E-state index contributed by atoms with van der Waals surface area (Å²) >= 11 is 0. The van der Waals surface area contributed by atoms with Crippen LogP contribution in [0.1, 0.15) is 19.8 Å². The Hall–Kier alpha value is -1.13. The Labute approximate surface area is 114 Å². The van der Waals surface area contributed by atoms with Crippen molar-refractivity contribution < 1.29 is 9.50 Å². The maximum atomic E-state index is 13.8. The van der Waals surface area contributed by atoms with E-state index in [0.29, 0.717) is 17.6 Å². The number of piperidine rings is 1. The van der Waals surface area contributed by atoms with Gasteiger partial charge < -0.3 is 15.3 Å². The van der Waals surface area contributed by atoms with E-state index in [1.165, 1.54) is 6.07 Å². The van der Waals surface area contributed by atoms with Crippen LogP contribution in [0.25, 0.3) is 0 Å². The molecule has 0 spiro atoms. The smallest absolute Gasteiger partial charge is 0.146 e. The van der Waals surface area contributed by atoms with Crippen LogP contribution >= 0.6 is 0 Å². The van der Waals surface area contributed by atoms with Crippen molar-refractivity contribution in [3.05, 3.63) is 30.1 Å². The van der Waals surface area contributed by atoms with Gasteiger partial charge in [-0.05, 0) is 37.4 Å². The van der Waals surface area contributed by atoms with Crippen molar-refractivity contribution in [2.24, 2.45) is 5.92 Å². The van der Waals surface area contributed by atoms with Gasteiger partial charge in [-0.25, -0.2) is 4.39 Å². The zero-order valence-electron chi connectivity index (χ0n) is 11.5. The largest absolute Gasteiger partial charge is 0.396 e. The third-order valence-electron chi connectivity index (χ3n) is 3.62. The monoisotopic (exact) mass is 266 g/mol. The number of rotatable bonds is 5. The Morgan fingerprint density at radius 2 is 2.16 bits per heavy atom. The number of nitrogens with one attached hydrogen (secondary N) is 1. The molecule has 1 saturated heterocycles. The molecule has 2 rings (SSSR count). The fraction of sp³-hybridized carbons (Fsp3) is 0.600. The van der Waals surface area contributed by atoms with Crippen LogP contribution in [0.4, 0.5) is 10.1 Å². The average Bonchev–Trinajstić information content (AvgIpc) is 2.39. The summed E-state index contributed by atoms with van der Waals surface area (Å²) in [6, 6.07) is 7.34. The molecule has 1 aromatic carbocycles. The van der Waals surface area contributed by atoms with E-state index < -0.39 is 0 Å². The Morgan fingerprint density at radius 1 is 1.37 bits per heavy atom. The minimum atomic E-state index is -0.147. The van der Waals surface area contributed by atoms with Gasteiger partial charge in [0.25, 0.3) is 0 Å². The number of aliphatic hydroxyl groups excluding tert-OH is 1. The SMILES string of the molecule is CC1CC(NCCCO)CN(c2ccccc2F)C1. The van der Waals surface area contributed by atoms with E-state index in [0.717, 1.165) is 32.5 Å². The van der Waals surface area contributed by atoms with Gasteiger partial charge in [-0.1, -0.05) is 19.1 Å². The van der Waals surface area contributed by atoms with Crippen molar-refractivity contribution >= 4 is 5.69 Å². The summed E-state index contributed by atoms with van der Waals surface area (Å²) in [4.78, 5) is 2.13. The Kier molecular flexibility index (Phi) is 5.16. The Morgan fingerprint density at radius 3 is 2.89 bits per heavy atom. The van der Waals surface area contributed by atoms with Crippen molar-refractivity contribution in [2.75, 3.05) is 31.1 Å². The lowest BCUT2D eigenvalue weighted by Gasteiger charge is -2.38. The molecule has 0 bridgehead atoms. The third-order valence-corrected chi connectivity index (χ3v) is 3.62. The summed E-state index contributed by atoms with van der Waals surface area (Å²) in [5, 5.41) is 12.3. The van der Waals surface area contributed by atoms with Gasteiger partial charge in [-0.3, -0.25) is 0 Å². The van der Waals surface area contributed by atoms with E-state index in [9.17, 15) is 4.39 Å². The van der Waals surface area contributed by atoms with Crippen molar-refractivity contribution in [1.29, 1.82) is 0 Å². The molecule has 1 heterocycles. The van der Waals surface area contributed by atoms with E-state index in [1.807, 2.05) is 12.1 Å². The van der Waals surface area contributed by atoms with Crippen LogP contribution in [0.2, 0.25) is 0 Å². The minimum absolute atomic E-state index is 0.147. The fourth-order valence-corrected chi connectivity index (χ4v) is 2.79. The Bertz CT molecular complexity index is 399. The molecule has 3 nitrogen and oxygen atoms in total. The van der Waals surface area contributed by atoms with Gasteiger partial charge >= 0.3 is 0 Å². The van der Waals surface area contributed by atoms with Gasteiger partial charge in [0.15, 0.2) is 0 Å². The number of hydrogen-bond acceptors (Lipinski definition) is 3. The summed E-state index contributed by atoms with van der Waals surface area (Å²) in [5.74, 6) is 0.394. The first kappa shape index (κ1) is 14.3. The molecule has 1 aromatic rings. The normalized spacial score (nSPS) is 23.6. The quantitative estimate of drug-likeness (QED) is 0.800. The van der Waals surface area contributed by atoms with Gasteiger partial charge in [0.1, 0.15) is 5.82 Å². The molecule has 0 aliphatic carbocycles. The molecule has 19 heavy (non-hydrogen) atoms. The highest BCUT2D eigenvalue weighted by molar-refractivity contribution is 5.48. The molecule has 2 atom stereocenters. The van der Waals surface area contributed by atoms with Crippen LogP contribution in [0, 0.1) is 11.7 Å². The fourth-order valence-electron chi connectivity index (χ4n) is 2.79. The predicted octanol–water partition coefficient (Wildman–Crippen LogP) is 2.01. The minimum Gasteiger partial charge on any atom is -0.396 e. The molecular formula is C15H23FN2O. The summed E-state index contributed by atoms with van der Waals surface area (Å²) < 4.78 is 13.8. The van der Waals surface area contributed by atoms with Crippen molar-refractivity contribution in [2.45, 2.75) is 25.8 Å². The number of halogens is 1. The zero-order valence-corrected chi connectivity index (χ0v) is 11.5. The number of anilines is 1. The third kappa shape index (κ3) is 3.91. The van der Waals surface area contributed by atoms with E-state index >= 15 is 0 Å². The van der Waals surface area contributed by atoms with Gasteiger partial charge in [0, 0.05) is 25.7 Å². The number of benzene rings is 1. The first-order valence-corrected chi connectivity index (χ1v) is 7.04. The lowest BCUT2D eigenvalue weighted by atomic mass is 9.95. The van der Waals surface area contributed by atoms with Crippen LogP contribution in [0.5, 0.6) is 0 Å². The molecule has 1 aliphatic heterocycles. The maximum Gasteiger partial charge on any atom is 0.146 e. The summed E-state index contributed by atoms with van der Waals surface area (Å²) in [6.45, 7) is 4.97. The standard InChI is InChI=1S/C15H23FN2O/c1-12-9-13(17-7-4-8-19)11-18(10-12)15-6-3-2-5-14(15)16/h2-3,5-6,12-13,17,19H,4,7-11H2,1H3. The van der Waals surface area contributed by atoms with Crippen molar-refractivity contribution in [1.82, 2.24) is 5.32 Å². The van der Waals surface area contributed by atoms with E-state index in [1.54, 1.807) is 6.07 Å². The molecule has 0 aromatic heterocycles. The Balaban J connectivity index is 1.99. The summed E-state index contributed by atoms with van der Waals surface area (Å²) in [5.41, 5.74) is 0.697. The van der Waals surface area contributed by atoms with Crippen LogP contribution in [0.15, 0.2) is 24.3 Å². The van der Waals surface area contributed by atoms with Crippen LogP contribution < -0.4 is 10.2 Å². The summed E-state index contributed by atoms with van der Waals surface area (Å²) in [7, 11) is 0. The first-order valence-electron chi connectivity index (χ1n) is 7.04. The second-order valence-corrected chi connectivity index (χ2v) is 5.43. The first-order chi connectivity index (χ1) is 9.20. The number of nitrogens with zero attached hydrogens (tertiary/aromatic N) is 1. The molecule has 2 unspecified atom stereocenters. The average molecular weight is 266 g/mol. The van der Waals surface area contributed by atoms with Crippen molar-refractivity contribution in [3.63, 3.8) is 0 Å². The molecule has 1 fully saturated rings. The second-order valence-electron chi connectivity index (χ2n) is 5.43. The van der Waals surface area contributed by atoms with Gasteiger partial charge in [-0.2, -0.15) is 0 Å². The van der Waals surface area contributed by atoms with Crippen LogP contribution in [-0.2, 0) is 0 Å². The predicted molar refractivity (Wildman–Crippen MR) is 75.9 cm³/mol. The van der Waals surface area contributed by atoms with Gasteiger partial charge in [0.05, 0.1) is 5.69 Å². The molecule has 0 radical (unpaired) electrons. The highest BCUT2D eigenvalue weighted by Crippen LogP contribution is 2.25. The highest BCUT2D eigenvalue weighted by atomic mass is 19.1. The molecule has 0 amide bonds. The maximum absolute atomic E-state index is 13.8. The van der Waals surface area contributed by atoms with Crippen molar-refractivity contribution in [3.8, 4) is 0 Å². The molecule has 0 saturated carbocycles. The van der Waals surface area contributed by atoms with Crippen LogP contribution in [-0.4, -0.2) is 37.4 Å². The topological polar surface area (TPSA) is 35.5 Å². The number of hydrogen-bond donors (Lipinski definition) is 2. The number of aliphatic hydroxyl groups is 1. The summed E-state index contributed by atoms with van der Waals surface area (Å²) in [6.07, 6.45) is 1.88. The molecular weight excluding hydrogens is 243 g/mol. The molecule has 4 heteroatoms. The van der Waals surface area contributed by atoms with E-state index in [2.05, 4.69) is 17.1 Å².